The van der Waals surface area contributed by atoms with Crippen LogP contribution in [0.5, 0.6) is 5.75 Å². The van der Waals surface area contributed by atoms with Gasteiger partial charge < -0.3 is 5.11 Å². The molecule has 2 aromatic rings. The van der Waals surface area contributed by atoms with E-state index in [9.17, 15) is 9.90 Å². The Balaban J connectivity index is 2.17. The third-order valence-corrected chi connectivity index (χ3v) is 3.35. The first-order chi connectivity index (χ1) is 10.1. The van der Waals surface area contributed by atoms with Gasteiger partial charge in [-0.15, -0.1) is 0 Å². The number of hydrogen-bond acceptors (Lipinski definition) is 3. The van der Waals surface area contributed by atoms with Gasteiger partial charge in [0.25, 0.3) is 5.91 Å². The number of amides is 1. The van der Waals surface area contributed by atoms with E-state index in [4.69, 9.17) is 0 Å². The van der Waals surface area contributed by atoms with E-state index >= 15 is 0 Å². The number of hydrazone groups is 1. The summed E-state index contributed by atoms with van der Waals surface area (Å²) in [6.45, 7) is 4.00. The Morgan fingerprint density at radius 1 is 1.24 bits per heavy atom. The molecule has 0 saturated heterocycles. The first kappa shape index (κ1) is 15.0. The highest BCUT2D eigenvalue weighted by atomic mass is 16.3. The molecule has 1 amide bonds. The highest BCUT2D eigenvalue weighted by molar-refractivity contribution is 6.01. The number of rotatable bonds is 5. The number of aromatic hydroxyl groups is 1. The van der Waals surface area contributed by atoms with Gasteiger partial charge >= 0.3 is 0 Å². The number of fused-ring (bicyclic) bond motifs is 1. The number of phenolic OH excluding ortho intramolecular Hbond substituents is 1. The fourth-order valence-electron chi connectivity index (χ4n) is 2.11. The zero-order chi connectivity index (χ0) is 15.2. The van der Waals surface area contributed by atoms with Gasteiger partial charge in [-0.1, -0.05) is 37.6 Å². The number of phenols is 1. The van der Waals surface area contributed by atoms with Crippen LogP contribution in [0.15, 0.2) is 41.5 Å². The van der Waals surface area contributed by atoms with Gasteiger partial charge in [0, 0.05) is 5.71 Å². The van der Waals surface area contributed by atoms with Crippen molar-refractivity contribution in [2.24, 2.45) is 5.10 Å². The minimum atomic E-state index is -0.394. The molecule has 4 heteroatoms. The average molecular weight is 284 g/mol. The van der Waals surface area contributed by atoms with Gasteiger partial charge in [-0.2, -0.15) is 5.10 Å². The van der Waals surface area contributed by atoms with Crippen LogP contribution in [0.25, 0.3) is 10.8 Å². The first-order valence-corrected chi connectivity index (χ1v) is 7.17. The monoisotopic (exact) mass is 284 g/mol. The minimum absolute atomic E-state index is 0.0346. The predicted octanol–water partition coefficient (Wildman–Crippen LogP) is 3.84. The molecular weight excluding hydrogens is 264 g/mol. The summed E-state index contributed by atoms with van der Waals surface area (Å²) in [5, 5.41) is 15.8. The number of nitrogens with one attached hydrogen (secondary N) is 1. The van der Waals surface area contributed by atoms with Gasteiger partial charge in [0.1, 0.15) is 5.75 Å². The van der Waals surface area contributed by atoms with E-state index < -0.39 is 5.91 Å². The van der Waals surface area contributed by atoms with Gasteiger partial charge in [-0.05, 0) is 42.7 Å². The Morgan fingerprint density at radius 3 is 2.57 bits per heavy atom. The van der Waals surface area contributed by atoms with E-state index in [2.05, 4.69) is 17.5 Å². The second-order valence-corrected chi connectivity index (χ2v) is 5.11. The smallest absolute Gasteiger partial charge is 0.275 e. The molecule has 0 saturated carbocycles. The van der Waals surface area contributed by atoms with Crippen LogP contribution >= 0.6 is 0 Å². The minimum Gasteiger partial charge on any atom is -0.507 e. The molecule has 4 nitrogen and oxygen atoms in total. The molecule has 0 aliphatic rings. The van der Waals surface area contributed by atoms with Crippen LogP contribution in [-0.4, -0.2) is 16.7 Å². The number of hydrogen-bond donors (Lipinski definition) is 2. The lowest BCUT2D eigenvalue weighted by Crippen LogP contribution is -2.19. The molecule has 2 rings (SSSR count). The van der Waals surface area contributed by atoms with Gasteiger partial charge in [-0.25, -0.2) is 5.43 Å². The zero-order valence-electron chi connectivity index (χ0n) is 12.4. The maximum atomic E-state index is 12.1. The summed E-state index contributed by atoms with van der Waals surface area (Å²) < 4.78 is 0. The number of nitrogens with zero attached hydrogens (tertiary/aromatic N) is 1. The number of benzene rings is 2. The molecule has 0 spiro atoms. The van der Waals surface area contributed by atoms with Crippen molar-refractivity contribution in [1.82, 2.24) is 5.43 Å². The quantitative estimate of drug-likeness (QED) is 0.647. The van der Waals surface area contributed by atoms with Gasteiger partial charge in [0.05, 0.1) is 5.56 Å². The fraction of sp³-hybridized carbons (Fsp3) is 0.294. The summed E-state index contributed by atoms with van der Waals surface area (Å²) in [6, 6.07) is 10.9. The highest BCUT2D eigenvalue weighted by Gasteiger charge is 2.11. The maximum absolute atomic E-state index is 12.1. The third-order valence-electron chi connectivity index (χ3n) is 3.35. The molecule has 0 heterocycles. The van der Waals surface area contributed by atoms with Crippen LogP contribution in [-0.2, 0) is 0 Å². The van der Waals surface area contributed by atoms with Crippen LogP contribution in [0, 0.1) is 0 Å². The summed E-state index contributed by atoms with van der Waals surface area (Å²) >= 11 is 0. The van der Waals surface area contributed by atoms with Gasteiger partial charge in [0.15, 0.2) is 0 Å². The van der Waals surface area contributed by atoms with E-state index in [-0.39, 0.29) is 11.3 Å². The SMILES string of the molecule is CCCCC(C)=NNC(=O)c1cc2ccccc2cc1O. The van der Waals surface area contributed by atoms with Gasteiger partial charge in [-0.3, -0.25) is 4.79 Å². The molecule has 2 N–H and O–H groups in total. The maximum Gasteiger partial charge on any atom is 0.275 e. The summed E-state index contributed by atoms with van der Waals surface area (Å²) in [5.74, 6) is -0.429. The molecule has 0 radical (unpaired) electrons. The summed E-state index contributed by atoms with van der Waals surface area (Å²) in [7, 11) is 0. The molecular formula is C17H20N2O2. The number of unbranched alkanes of at least 4 members (excludes halogenated alkanes) is 1. The van der Waals surface area contributed by atoms with E-state index in [0.717, 1.165) is 35.7 Å². The molecule has 0 bridgehead atoms. The molecule has 2 aromatic carbocycles. The topological polar surface area (TPSA) is 61.7 Å². The molecule has 0 aliphatic carbocycles. The Labute approximate surface area is 124 Å². The van der Waals surface area contributed by atoms with E-state index in [1.165, 1.54) is 0 Å². The van der Waals surface area contributed by atoms with Crippen LogP contribution in [0.3, 0.4) is 0 Å². The third kappa shape index (κ3) is 3.81. The second kappa shape index (κ2) is 6.88. The second-order valence-electron chi connectivity index (χ2n) is 5.11. The summed E-state index contributed by atoms with van der Waals surface area (Å²) in [6.07, 6.45) is 3.00. The summed E-state index contributed by atoms with van der Waals surface area (Å²) in [4.78, 5) is 12.1. The largest absolute Gasteiger partial charge is 0.507 e. The van der Waals surface area contributed by atoms with Crippen molar-refractivity contribution in [2.45, 2.75) is 33.1 Å². The van der Waals surface area contributed by atoms with Crippen LogP contribution in [0.1, 0.15) is 43.5 Å². The highest BCUT2D eigenvalue weighted by Crippen LogP contribution is 2.24. The number of carbonyl (C=O) groups excluding carboxylic acids is 1. The van der Waals surface area contributed by atoms with Crippen molar-refractivity contribution >= 4 is 22.4 Å². The number of carbonyl (C=O) groups is 1. The van der Waals surface area contributed by atoms with Gasteiger partial charge in [0.2, 0.25) is 0 Å². The lowest BCUT2D eigenvalue weighted by molar-refractivity contribution is 0.0952. The van der Waals surface area contributed by atoms with Crippen molar-refractivity contribution in [3.8, 4) is 5.75 Å². The van der Waals surface area contributed by atoms with Crippen molar-refractivity contribution in [1.29, 1.82) is 0 Å². The lowest BCUT2D eigenvalue weighted by Gasteiger charge is -2.06. The Kier molecular flexibility index (Phi) is 4.93. The van der Waals surface area contributed by atoms with Crippen molar-refractivity contribution < 1.29 is 9.90 Å². The molecule has 0 unspecified atom stereocenters. The van der Waals surface area contributed by atoms with E-state index in [0.29, 0.717) is 0 Å². The van der Waals surface area contributed by atoms with Crippen molar-refractivity contribution in [2.75, 3.05) is 0 Å². The molecule has 0 aromatic heterocycles. The van der Waals surface area contributed by atoms with Crippen LogP contribution in [0.4, 0.5) is 0 Å². The first-order valence-electron chi connectivity index (χ1n) is 7.17. The normalized spacial score (nSPS) is 11.6. The van der Waals surface area contributed by atoms with Crippen LogP contribution in [0.2, 0.25) is 0 Å². The Hall–Kier alpha value is -2.36. The van der Waals surface area contributed by atoms with E-state index in [1.807, 2.05) is 31.2 Å². The average Bonchev–Trinajstić information content (AvgIpc) is 2.49. The van der Waals surface area contributed by atoms with Crippen molar-refractivity contribution in [3.05, 3.63) is 42.0 Å². The molecule has 110 valence electrons. The van der Waals surface area contributed by atoms with Crippen LogP contribution < -0.4 is 5.43 Å². The lowest BCUT2D eigenvalue weighted by atomic mass is 10.1. The molecule has 21 heavy (non-hydrogen) atoms. The van der Waals surface area contributed by atoms with E-state index in [1.54, 1.807) is 12.1 Å². The zero-order valence-corrected chi connectivity index (χ0v) is 12.4. The molecule has 0 fully saturated rings. The predicted molar refractivity (Wildman–Crippen MR) is 85.7 cm³/mol. The summed E-state index contributed by atoms with van der Waals surface area (Å²) in [5.41, 5.74) is 3.62. The Morgan fingerprint density at radius 2 is 1.90 bits per heavy atom. The fourth-order valence-corrected chi connectivity index (χ4v) is 2.11. The molecule has 0 atom stereocenters. The standard InChI is InChI=1S/C17H20N2O2/c1-3-4-7-12(2)18-19-17(21)15-10-13-8-5-6-9-14(13)11-16(15)20/h5-6,8-11,20H,3-4,7H2,1-2H3,(H,19,21). The molecule has 0 aliphatic heterocycles. The Bertz CT molecular complexity index is 678. The van der Waals surface area contributed by atoms with Crippen molar-refractivity contribution in [3.63, 3.8) is 0 Å².